The predicted molar refractivity (Wildman–Crippen MR) is 52.0 cm³/mol. The summed E-state index contributed by atoms with van der Waals surface area (Å²) in [5, 5.41) is 9.16. The lowest BCUT2D eigenvalue weighted by molar-refractivity contribution is 0.216. The Labute approximate surface area is 75.5 Å². The van der Waals surface area contributed by atoms with Gasteiger partial charge in [-0.1, -0.05) is 26.8 Å². The largest absolute Gasteiger partial charge is 0.392 e. The lowest BCUT2D eigenvalue weighted by Gasteiger charge is -2.34. The van der Waals surface area contributed by atoms with E-state index in [0.29, 0.717) is 11.3 Å². The molecule has 70 valence electrons. The third-order valence-electron chi connectivity index (χ3n) is 2.78. The Morgan fingerprint density at radius 2 is 2.17 bits per heavy atom. The summed E-state index contributed by atoms with van der Waals surface area (Å²) in [6.07, 6.45) is 5.91. The van der Waals surface area contributed by atoms with E-state index >= 15 is 0 Å². The highest BCUT2D eigenvalue weighted by atomic mass is 16.3. The van der Waals surface area contributed by atoms with Gasteiger partial charge in [0.15, 0.2) is 0 Å². The standard InChI is InChI=1S/C11H20O/c1-11(2,3)10-7-5-4-6-9(10)8-12/h6,10,12H,4-5,7-8H2,1-3H3. The smallest absolute Gasteiger partial charge is 0.0644 e. The molecular weight excluding hydrogens is 148 g/mol. The lowest BCUT2D eigenvalue weighted by Crippen LogP contribution is -2.25. The SMILES string of the molecule is CC(C)(C)C1CCCC=C1CO. The molecule has 0 saturated heterocycles. The van der Waals surface area contributed by atoms with Gasteiger partial charge >= 0.3 is 0 Å². The van der Waals surface area contributed by atoms with Crippen LogP contribution in [0, 0.1) is 11.3 Å². The number of hydrogen-bond acceptors (Lipinski definition) is 1. The molecule has 1 atom stereocenters. The molecule has 1 N–H and O–H groups in total. The van der Waals surface area contributed by atoms with Crippen molar-refractivity contribution in [2.75, 3.05) is 6.61 Å². The van der Waals surface area contributed by atoms with Gasteiger partial charge in [0, 0.05) is 0 Å². The average molecular weight is 168 g/mol. The van der Waals surface area contributed by atoms with E-state index in [4.69, 9.17) is 5.11 Å². The monoisotopic (exact) mass is 168 g/mol. The molecule has 1 heteroatoms. The molecule has 1 aliphatic carbocycles. The molecule has 1 aliphatic rings. The highest BCUT2D eigenvalue weighted by Crippen LogP contribution is 2.38. The molecule has 0 aromatic heterocycles. The molecule has 0 amide bonds. The van der Waals surface area contributed by atoms with Crippen LogP contribution in [-0.2, 0) is 0 Å². The molecule has 0 fully saturated rings. The molecule has 0 radical (unpaired) electrons. The third kappa shape index (κ3) is 2.10. The van der Waals surface area contributed by atoms with Crippen molar-refractivity contribution in [1.29, 1.82) is 0 Å². The molecular formula is C11H20O. The minimum absolute atomic E-state index is 0.252. The third-order valence-corrected chi connectivity index (χ3v) is 2.78. The molecule has 1 nitrogen and oxygen atoms in total. The molecule has 0 heterocycles. The van der Waals surface area contributed by atoms with Gasteiger partial charge in [0.25, 0.3) is 0 Å². The highest BCUT2D eigenvalue weighted by Gasteiger charge is 2.28. The summed E-state index contributed by atoms with van der Waals surface area (Å²) in [5.41, 5.74) is 1.57. The molecule has 0 saturated carbocycles. The molecule has 0 bridgehead atoms. The molecule has 1 unspecified atom stereocenters. The quantitative estimate of drug-likeness (QED) is 0.597. The molecule has 0 aromatic rings. The van der Waals surface area contributed by atoms with E-state index in [1.807, 2.05) is 0 Å². The van der Waals surface area contributed by atoms with Crippen molar-refractivity contribution in [3.63, 3.8) is 0 Å². The summed E-state index contributed by atoms with van der Waals surface area (Å²) in [4.78, 5) is 0. The molecule has 0 aliphatic heterocycles. The van der Waals surface area contributed by atoms with E-state index in [9.17, 15) is 0 Å². The molecule has 12 heavy (non-hydrogen) atoms. The van der Waals surface area contributed by atoms with Gasteiger partial charge in [0.1, 0.15) is 0 Å². The summed E-state index contributed by atoms with van der Waals surface area (Å²) >= 11 is 0. The van der Waals surface area contributed by atoms with E-state index in [1.165, 1.54) is 18.4 Å². The van der Waals surface area contributed by atoms with Crippen LogP contribution in [0.5, 0.6) is 0 Å². The predicted octanol–water partition coefficient (Wildman–Crippen LogP) is 2.75. The first kappa shape index (κ1) is 9.79. The number of rotatable bonds is 1. The van der Waals surface area contributed by atoms with E-state index in [0.717, 1.165) is 6.42 Å². The minimum Gasteiger partial charge on any atom is -0.392 e. The first-order chi connectivity index (χ1) is 5.55. The van der Waals surface area contributed by atoms with Crippen molar-refractivity contribution in [3.8, 4) is 0 Å². The van der Waals surface area contributed by atoms with Crippen molar-refractivity contribution in [3.05, 3.63) is 11.6 Å². The van der Waals surface area contributed by atoms with Crippen LogP contribution < -0.4 is 0 Å². The first-order valence-electron chi connectivity index (χ1n) is 4.85. The fourth-order valence-corrected chi connectivity index (χ4v) is 2.10. The first-order valence-corrected chi connectivity index (χ1v) is 4.85. The molecule has 1 rings (SSSR count). The second-order valence-electron chi connectivity index (χ2n) is 4.79. The van der Waals surface area contributed by atoms with Gasteiger partial charge in [-0.3, -0.25) is 0 Å². The van der Waals surface area contributed by atoms with Crippen LogP contribution >= 0.6 is 0 Å². The van der Waals surface area contributed by atoms with Crippen LogP contribution in [0.15, 0.2) is 11.6 Å². The van der Waals surface area contributed by atoms with Gasteiger partial charge in [0.2, 0.25) is 0 Å². The van der Waals surface area contributed by atoms with Crippen molar-refractivity contribution in [2.24, 2.45) is 11.3 Å². The van der Waals surface area contributed by atoms with Crippen LogP contribution in [0.4, 0.5) is 0 Å². The summed E-state index contributed by atoms with van der Waals surface area (Å²) in [6.45, 7) is 7.02. The van der Waals surface area contributed by atoms with Crippen LogP contribution in [0.1, 0.15) is 40.0 Å². The van der Waals surface area contributed by atoms with Gasteiger partial charge in [-0.2, -0.15) is 0 Å². The maximum Gasteiger partial charge on any atom is 0.0644 e. The maximum absolute atomic E-state index is 9.16. The zero-order valence-corrected chi connectivity index (χ0v) is 8.43. The Kier molecular flexibility index (Phi) is 2.94. The second-order valence-corrected chi connectivity index (χ2v) is 4.79. The van der Waals surface area contributed by atoms with Gasteiger partial charge in [0.05, 0.1) is 6.61 Å². The summed E-state index contributed by atoms with van der Waals surface area (Å²) < 4.78 is 0. The van der Waals surface area contributed by atoms with E-state index in [1.54, 1.807) is 0 Å². The topological polar surface area (TPSA) is 20.2 Å². The zero-order valence-electron chi connectivity index (χ0n) is 8.43. The molecule has 0 aromatic carbocycles. The Balaban J connectivity index is 2.75. The number of aliphatic hydroxyl groups excluding tert-OH is 1. The number of hydrogen-bond donors (Lipinski definition) is 1. The van der Waals surface area contributed by atoms with E-state index < -0.39 is 0 Å². The zero-order chi connectivity index (χ0) is 9.19. The Morgan fingerprint density at radius 1 is 1.50 bits per heavy atom. The number of allylic oxidation sites excluding steroid dienone is 1. The molecule has 0 spiro atoms. The van der Waals surface area contributed by atoms with Crippen molar-refractivity contribution in [2.45, 2.75) is 40.0 Å². The van der Waals surface area contributed by atoms with Crippen molar-refractivity contribution >= 4 is 0 Å². The Hall–Kier alpha value is -0.300. The minimum atomic E-state index is 0.252. The van der Waals surface area contributed by atoms with E-state index in [-0.39, 0.29) is 6.61 Å². The summed E-state index contributed by atoms with van der Waals surface area (Å²) in [5.74, 6) is 0.594. The van der Waals surface area contributed by atoms with Crippen LogP contribution in [-0.4, -0.2) is 11.7 Å². The van der Waals surface area contributed by atoms with Gasteiger partial charge < -0.3 is 5.11 Å². The second kappa shape index (κ2) is 3.61. The summed E-state index contributed by atoms with van der Waals surface area (Å²) in [6, 6.07) is 0. The fourth-order valence-electron chi connectivity index (χ4n) is 2.10. The normalized spacial score (nSPS) is 25.3. The highest BCUT2D eigenvalue weighted by molar-refractivity contribution is 5.12. The van der Waals surface area contributed by atoms with Crippen LogP contribution in [0.2, 0.25) is 0 Å². The number of aliphatic hydroxyl groups is 1. The van der Waals surface area contributed by atoms with Gasteiger partial charge in [-0.05, 0) is 36.2 Å². The van der Waals surface area contributed by atoms with Crippen LogP contribution in [0.25, 0.3) is 0 Å². The lowest BCUT2D eigenvalue weighted by atomic mass is 9.71. The fraction of sp³-hybridized carbons (Fsp3) is 0.818. The Morgan fingerprint density at radius 3 is 2.58 bits per heavy atom. The van der Waals surface area contributed by atoms with Crippen molar-refractivity contribution < 1.29 is 5.11 Å². The summed E-state index contributed by atoms with van der Waals surface area (Å²) in [7, 11) is 0. The van der Waals surface area contributed by atoms with E-state index in [2.05, 4.69) is 26.8 Å². The van der Waals surface area contributed by atoms with Crippen molar-refractivity contribution in [1.82, 2.24) is 0 Å². The maximum atomic E-state index is 9.16. The van der Waals surface area contributed by atoms with Gasteiger partial charge in [-0.25, -0.2) is 0 Å². The van der Waals surface area contributed by atoms with Crippen LogP contribution in [0.3, 0.4) is 0 Å². The van der Waals surface area contributed by atoms with Gasteiger partial charge in [-0.15, -0.1) is 0 Å². The average Bonchev–Trinajstić information content (AvgIpc) is 2.03. The Bertz CT molecular complexity index is 174.